The van der Waals surface area contributed by atoms with Gasteiger partial charge in [0.1, 0.15) is 0 Å². The van der Waals surface area contributed by atoms with E-state index in [9.17, 15) is 9.59 Å². The van der Waals surface area contributed by atoms with E-state index in [-0.39, 0.29) is 76.4 Å². The maximum Gasteiger partial charge on any atom is 1.00 e. The summed E-state index contributed by atoms with van der Waals surface area (Å²) >= 11 is 0. The van der Waals surface area contributed by atoms with Crippen LogP contribution in [0.15, 0.2) is 0 Å². The van der Waals surface area contributed by atoms with Crippen molar-refractivity contribution in [2.45, 2.75) is 128 Å². The Kier molecular flexibility index (Phi) is 34.0. The molecule has 172 valence electrons. The SMILES string of the molecule is O=C1CCCCCCCCCCCN1.O=C1CCCCCCCCCCC[N-]1.[Na+].[Na+].[OH-]. The van der Waals surface area contributed by atoms with E-state index < -0.39 is 0 Å². The summed E-state index contributed by atoms with van der Waals surface area (Å²) in [7, 11) is 0. The van der Waals surface area contributed by atoms with Crippen LogP contribution < -0.4 is 64.4 Å². The fraction of sp³-hybridized carbons (Fsp3) is 0.917. The molecule has 0 radical (unpaired) electrons. The topological polar surface area (TPSA) is 90.3 Å². The van der Waals surface area contributed by atoms with Crippen molar-refractivity contribution in [3.8, 4) is 0 Å². The molecule has 0 atom stereocenters. The van der Waals surface area contributed by atoms with E-state index >= 15 is 0 Å². The normalized spacial score (nSPS) is 20.5. The van der Waals surface area contributed by atoms with Crippen LogP contribution in [-0.2, 0) is 9.59 Å². The summed E-state index contributed by atoms with van der Waals surface area (Å²) in [5.74, 6) is 0.383. The molecule has 2 saturated heterocycles. The molecule has 2 heterocycles. The minimum Gasteiger partial charge on any atom is -0.870 e. The minimum atomic E-state index is 0. The average Bonchev–Trinajstić information content (AvgIpc) is 2.73. The summed E-state index contributed by atoms with van der Waals surface area (Å²) in [6, 6.07) is 0. The number of nitrogens with zero attached hydrogens (tertiary/aromatic N) is 1. The van der Waals surface area contributed by atoms with Crippen LogP contribution in [0.4, 0.5) is 0 Å². The van der Waals surface area contributed by atoms with Crippen molar-refractivity contribution in [1.29, 1.82) is 0 Å². The van der Waals surface area contributed by atoms with Crippen molar-refractivity contribution in [3.63, 3.8) is 0 Å². The maximum absolute atomic E-state index is 11.3. The molecule has 31 heavy (non-hydrogen) atoms. The summed E-state index contributed by atoms with van der Waals surface area (Å²) in [4.78, 5) is 22.5. The molecule has 2 rings (SSSR count). The van der Waals surface area contributed by atoms with E-state index in [1.165, 1.54) is 89.9 Å². The molecule has 0 spiro atoms. The van der Waals surface area contributed by atoms with Crippen LogP contribution in [0, 0.1) is 0 Å². The fourth-order valence-electron chi connectivity index (χ4n) is 3.87. The van der Waals surface area contributed by atoms with Crippen molar-refractivity contribution in [2.24, 2.45) is 0 Å². The third-order valence-corrected chi connectivity index (χ3v) is 5.74. The monoisotopic (exact) mass is 456 g/mol. The van der Waals surface area contributed by atoms with E-state index in [0.717, 1.165) is 45.2 Å². The number of rotatable bonds is 0. The van der Waals surface area contributed by atoms with Crippen molar-refractivity contribution in [2.75, 3.05) is 13.1 Å². The van der Waals surface area contributed by atoms with Gasteiger partial charge in [0.2, 0.25) is 5.91 Å². The first-order valence-corrected chi connectivity index (χ1v) is 12.3. The second-order valence-corrected chi connectivity index (χ2v) is 8.49. The van der Waals surface area contributed by atoms with Gasteiger partial charge in [-0.15, -0.1) is 6.54 Å². The first-order valence-electron chi connectivity index (χ1n) is 12.3. The standard InChI is InChI=1S/2C12H23NO.2Na.H2O/c2*14-12-10-8-6-4-2-1-3-5-7-9-11-13-12;;;/h2*1-11H2,(H,13,14);;;1H2/q;;2*+1;/p-2. The van der Waals surface area contributed by atoms with Gasteiger partial charge >= 0.3 is 59.1 Å². The second kappa shape index (κ2) is 28.9. The van der Waals surface area contributed by atoms with Gasteiger partial charge in [-0.1, -0.05) is 96.3 Å². The summed E-state index contributed by atoms with van der Waals surface area (Å²) in [5.41, 5.74) is 0. The zero-order valence-corrected chi connectivity index (χ0v) is 24.8. The van der Waals surface area contributed by atoms with E-state index in [2.05, 4.69) is 10.6 Å². The van der Waals surface area contributed by atoms with Gasteiger partial charge in [0, 0.05) is 13.0 Å². The Morgan fingerprint density at radius 2 is 0.903 bits per heavy atom. The molecular weight excluding hydrogens is 410 g/mol. The Hall–Kier alpha value is 0.900. The van der Waals surface area contributed by atoms with E-state index in [1.54, 1.807) is 0 Å². The fourth-order valence-corrected chi connectivity index (χ4v) is 3.87. The first-order chi connectivity index (χ1) is 13.8. The van der Waals surface area contributed by atoms with E-state index in [4.69, 9.17) is 0 Å². The number of carbonyl (C=O) groups is 2. The van der Waals surface area contributed by atoms with Gasteiger partial charge in [0.15, 0.2) is 0 Å². The largest absolute Gasteiger partial charge is 1.00 e. The van der Waals surface area contributed by atoms with Gasteiger partial charge in [0.05, 0.1) is 5.91 Å². The van der Waals surface area contributed by atoms with Crippen molar-refractivity contribution >= 4 is 11.8 Å². The Labute approximate surface area is 236 Å². The van der Waals surface area contributed by atoms with Crippen LogP contribution in [0.2, 0.25) is 0 Å². The number of carbonyl (C=O) groups excluding carboxylic acids is 2. The number of nitrogens with one attached hydrogen (secondary N) is 1. The third kappa shape index (κ3) is 27.0. The van der Waals surface area contributed by atoms with Crippen molar-refractivity contribution in [3.05, 3.63) is 5.32 Å². The molecule has 2 fully saturated rings. The summed E-state index contributed by atoms with van der Waals surface area (Å²) < 4.78 is 0. The van der Waals surface area contributed by atoms with Crippen LogP contribution in [0.3, 0.4) is 0 Å². The van der Waals surface area contributed by atoms with Crippen LogP contribution in [0.25, 0.3) is 5.32 Å². The average molecular weight is 457 g/mol. The summed E-state index contributed by atoms with van der Waals surface area (Å²) in [6.45, 7) is 1.65. The molecule has 0 aromatic carbocycles. The van der Waals surface area contributed by atoms with E-state index in [1.807, 2.05) is 0 Å². The number of hydrogen-bond donors (Lipinski definition) is 1. The summed E-state index contributed by atoms with van der Waals surface area (Å²) in [5, 5.41) is 7.03. The number of hydrogen-bond acceptors (Lipinski definition) is 3. The molecule has 0 bridgehead atoms. The molecule has 0 aromatic rings. The van der Waals surface area contributed by atoms with Gasteiger partial charge in [-0.3, -0.25) is 4.79 Å². The molecule has 2 aliphatic heterocycles. The molecule has 2 aliphatic rings. The van der Waals surface area contributed by atoms with Crippen molar-refractivity contribution in [1.82, 2.24) is 5.32 Å². The van der Waals surface area contributed by atoms with Gasteiger partial charge in [0.25, 0.3) is 0 Å². The Balaban J connectivity index is -0.000000461. The predicted octanol–water partition coefficient (Wildman–Crippen LogP) is 0.650. The minimum absolute atomic E-state index is 0. The molecule has 2 amide bonds. The van der Waals surface area contributed by atoms with Crippen LogP contribution in [-0.4, -0.2) is 30.4 Å². The quantitative estimate of drug-likeness (QED) is 0.543. The van der Waals surface area contributed by atoms with Gasteiger partial charge in [-0.25, -0.2) is 0 Å². The van der Waals surface area contributed by atoms with Gasteiger partial charge in [-0.2, -0.15) is 0 Å². The molecule has 0 aliphatic carbocycles. The van der Waals surface area contributed by atoms with Gasteiger partial charge < -0.3 is 20.9 Å². The zero-order valence-electron chi connectivity index (χ0n) is 20.8. The smallest absolute Gasteiger partial charge is 0.870 e. The second-order valence-electron chi connectivity index (χ2n) is 8.49. The van der Waals surface area contributed by atoms with Crippen LogP contribution in [0.1, 0.15) is 128 Å². The molecule has 5 nitrogen and oxygen atoms in total. The Morgan fingerprint density at radius 1 is 0.516 bits per heavy atom. The van der Waals surface area contributed by atoms with E-state index in [0.29, 0.717) is 6.42 Å². The van der Waals surface area contributed by atoms with Gasteiger partial charge in [-0.05, 0) is 25.7 Å². The third-order valence-electron chi connectivity index (χ3n) is 5.74. The van der Waals surface area contributed by atoms with Crippen LogP contribution >= 0.6 is 0 Å². The maximum atomic E-state index is 11.3. The Bertz CT molecular complexity index is 331. The molecule has 2 N–H and O–H groups in total. The molecule has 0 unspecified atom stereocenters. The molecule has 7 heteroatoms. The zero-order chi connectivity index (χ0) is 20.1. The first kappa shape index (κ1) is 36.5. The number of amides is 2. The molecule has 0 saturated carbocycles. The molecular formula is C24H46N2Na2O3. The van der Waals surface area contributed by atoms with Crippen LogP contribution in [0.5, 0.6) is 0 Å². The summed E-state index contributed by atoms with van der Waals surface area (Å²) in [6.07, 6.45) is 24.3. The Morgan fingerprint density at radius 3 is 1.42 bits per heavy atom. The molecule has 0 aromatic heterocycles. The van der Waals surface area contributed by atoms with Crippen molar-refractivity contribution < 1.29 is 74.2 Å². The predicted molar refractivity (Wildman–Crippen MR) is 121 cm³/mol.